The van der Waals surface area contributed by atoms with Crippen LogP contribution in [0.5, 0.6) is 0 Å². The monoisotopic (exact) mass is 185 g/mol. The standard InChI is InChI=1S/C11H23NO/c1-5-13-8-10(11(2,3)4)9-6-12-7-9/h9-10,12H,5-8H2,1-4H3/t10-/m0/s1. The van der Waals surface area contributed by atoms with Gasteiger partial charge in [-0.3, -0.25) is 0 Å². The Morgan fingerprint density at radius 3 is 2.31 bits per heavy atom. The van der Waals surface area contributed by atoms with E-state index in [9.17, 15) is 0 Å². The van der Waals surface area contributed by atoms with Gasteiger partial charge in [0.25, 0.3) is 0 Å². The number of rotatable bonds is 4. The Labute approximate surface area is 82.0 Å². The summed E-state index contributed by atoms with van der Waals surface area (Å²) in [6.45, 7) is 13.1. The SMILES string of the molecule is CCOC[C@@H](C1CNC1)C(C)(C)C. The molecular weight excluding hydrogens is 162 g/mol. The first-order valence-electron chi connectivity index (χ1n) is 5.34. The van der Waals surface area contributed by atoms with Gasteiger partial charge in [0, 0.05) is 6.61 Å². The maximum atomic E-state index is 5.55. The number of hydrogen-bond donors (Lipinski definition) is 1. The first kappa shape index (κ1) is 11.0. The van der Waals surface area contributed by atoms with Crippen LogP contribution in [0.2, 0.25) is 0 Å². The third kappa shape index (κ3) is 2.96. The molecule has 1 N–H and O–H groups in total. The van der Waals surface area contributed by atoms with Gasteiger partial charge < -0.3 is 10.1 Å². The molecule has 1 atom stereocenters. The van der Waals surface area contributed by atoms with Gasteiger partial charge in [-0.2, -0.15) is 0 Å². The highest BCUT2D eigenvalue weighted by molar-refractivity contribution is 4.87. The Morgan fingerprint density at radius 1 is 1.38 bits per heavy atom. The average Bonchev–Trinajstić information content (AvgIpc) is 1.91. The lowest BCUT2D eigenvalue weighted by Crippen LogP contribution is -2.50. The molecule has 78 valence electrons. The molecule has 1 saturated heterocycles. The van der Waals surface area contributed by atoms with Crippen LogP contribution in [0.3, 0.4) is 0 Å². The second kappa shape index (κ2) is 4.43. The zero-order valence-corrected chi connectivity index (χ0v) is 9.39. The Kier molecular flexibility index (Phi) is 3.74. The summed E-state index contributed by atoms with van der Waals surface area (Å²) in [6.07, 6.45) is 0. The predicted octanol–water partition coefficient (Wildman–Crippen LogP) is 1.90. The van der Waals surface area contributed by atoms with Gasteiger partial charge in [-0.15, -0.1) is 0 Å². The van der Waals surface area contributed by atoms with Crippen LogP contribution >= 0.6 is 0 Å². The predicted molar refractivity (Wildman–Crippen MR) is 55.8 cm³/mol. The van der Waals surface area contributed by atoms with Gasteiger partial charge in [0.15, 0.2) is 0 Å². The summed E-state index contributed by atoms with van der Waals surface area (Å²) in [6, 6.07) is 0. The first-order valence-corrected chi connectivity index (χ1v) is 5.34. The molecule has 0 radical (unpaired) electrons. The molecule has 0 amide bonds. The van der Waals surface area contributed by atoms with E-state index in [0.29, 0.717) is 11.3 Å². The molecule has 1 rings (SSSR count). The summed E-state index contributed by atoms with van der Waals surface area (Å²) in [5, 5.41) is 3.33. The van der Waals surface area contributed by atoms with Gasteiger partial charge in [-0.1, -0.05) is 20.8 Å². The molecule has 1 aliphatic rings. The van der Waals surface area contributed by atoms with Gasteiger partial charge in [-0.05, 0) is 37.3 Å². The van der Waals surface area contributed by atoms with Crippen LogP contribution in [0.15, 0.2) is 0 Å². The molecule has 2 heteroatoms. The van der Waals surface area contributed by atoms with Crippen molar-refractivity contribution in [1.82, 2.24) is 5.32 Å². The van der Waals surface area contributed by atoms with E-state index in [1.807, 2.05) is 0 Å². The third-order valence-corrected chi connectivity index (χ3v) is 3.00. The molecule has 0 bridgehead atoms. The van der Waals surface area contributed by atoms with E-state index < -0.39 is 0 Å². The van der Waals surface area contributed by atoms with Crippen molar-refractivity contribution in [2.24, 2.45) is 17.3 Å². The Hall–Kier alpha value is -0.0800. The second-order valence-corrected chi connectivity index (χ2v) is 5.05. The lowest BCUT2D eigenvalue weighted by Gasteiger charge is -2.42. The number of ether oxygens (including phenoxy) is 1. The molecule has 1 fully saturated rings. The molecule has 0 aliphatic carbocycles. The van der Waals surface area contributed by atoms with Crippen LogP contribution in [0.1, 0.15) is 27.7 Å². The molecule has 2 nitrogen and oxygen atoms in total. The van der Waals surface area contributed by atoms with E-state index in [-0.39, 0.29) is 0 Å². The Bertz CT molecular complexity index is 147. The van der Waals surface area contributed by atoms with Crippen LogP contribution in [-0.4, -0.2) is 26.3 Å². The minimum atomic E-state index is 0.377. The number of hydrogen-bond acceptors (Lipinski definition) is 2. The van der Waals surface area contributed by atoms with Crippen molar-refractivity contribution in [3.8, 4) is 0 Å². The third-order valence-electron chi connectivity index (χ3n) is 3.00. The van der Waals surface area contributed by atoms with E-state index in [1.165, 1.54) is 13.1 Å². The van der Waals surface area contributed by atoms with Crippen LogP contribution in [0.4, 0.5) is 0 Å². The van der Waals surface area contributed by atoms with Crippen molar-refractivity contribution in [1.29, 1.82) is 0 Å². The van der Waals surface area contributed by atoms with Crippen molar-refractivity contribution < 1.29 is 4.74 Å². The molecule has 13 heavy (non-hydrogen) atoms. The van der Waals surface area contributed by atoms with Gasteiger partial charge in [0.05, 0.1) is 6.61 Å². The summed E-state index contributed by atoms with van der Waals surface area (Å²) in [5.41, 5.74) is 0.377. The summed E-state index contributed by atoms with van der Waals surface area (Å²) in [5.74, 6) is 1.53. The van der Waals surface area contributed by atoms with Crippen molar-refractivity contribution >= 4 is 0 Å². The molecule has 0 saturated carbocycles. The second-order valence-electron chi connectivity index (χ2n) is 5.05. The van der Waals surface area contributed by atoms with E-state index in [0.717, 1.165) is 19.1 Å². The van der Waals surface area contributed by atoms with E-state index in [1.54, 1.807) is 0 Å². The molecule has 1 heterocycles. The molecule has 0 spiro atoms. The number of nitrogens with one attached hydrogen (secondary N) is 1. The van der Waals surface area contributed by atoms with Gasteiger partial charge in [0.2, 0.25) is 0 Å². The van der Waals surface area contributed by atoms with E-state index in [4.69, 9.17) is 4.74 Å². The first-order chi connectivity index (χ1) is 6.05. The molecule has 0 aromatic rings. The Balaban J connectivity index is 2.43. The van der Waals surface area contributed by atoms with Crippen molar-refractivity contribution in [2.45, 2.75) is 27.7 Å². The highest BCUT2D eigenvalue weighted by Crippen LogP contribution is 2.34. The average molecular weight is 185 g/mol. The molecule has 1 aliphatic heterocycles. The van der Waals surface area contributed by atoms with Crippen molar-refractivity contribution in [2.75, 3.05) is 26.3 Å². The van der Waals surface area contributed by atoms with Crippen LogP contribution in [0, 0.1) is 17.3 Å². The quantitative estimate of drug-likeness (QED) is 0.722. The zero-order valence-electron chi connectivity index (χ0n) is 9.39. The molecule has 0 aromatic heterocycles. The van der Waals surface area contributed by atoms with Crippen LogP contribution in [-0.2, 0) is 4.74 Å². The summed E-state index contributed by atoms with van der Waals surface area (Å²) < 4.78 is 5.55. The largest absolute Gasteiger partial charge is 0.381 e. The fourth-order valence-electron chi connectivity index (χ4n) is 1.93. The maximum absolute atomic E-state index is 5.55. The van der Waals surface area contributed by atoms with Crippen molar-refractivity contribution in [3.05, 3.63) is 0 Å². The lowest BCUT2D eigenvalue weighted by molar-refractivity contribution is 0.0136. The van der Waals surface area contributed by atoms with Gasteiger partial charge >= 0.3 is 0 Å². The van der Waals surface area contributed by atoms with Crippen LogP contribution < -0.4 is 5.32 Å². The van der Waals surface area contributed by atoms with Gasteiger partial charge in [-0.25, -0.2) is 0 Å². The highest BCUT2D eigenvalue weighted by atomic mass is 16.5. The van der Waals surface area contributed by atoms with E-state index >= 15 is 0 Å². The Morgan fingerprint density at radius 2 is 2.00 bits per heavy atom. The fourth-order valence-corrected chi connectivity index (χ4v) is 1.93. The van der Waals surface area contributed by atoms with Crippen molar-refractivity contribution in [3.63, 3.8) is 0 Å². The summed E-state index contributed by atoms with van der Waals surface area (Å²) in [7, 11) is 0. The summed E-state index contributed by atoms with van der Waals surface area (Å²) >= 11 is 0. The lowest BCUT2D eigenvalue weighted by atomic mass is 9.71. The molecule has 0 aromatic carbocycles. The minimum absolute atomic E-state index is 0.377. The zero-order chi connectivity index (χ0) is 9.90. The van der Waals surface area contributed by atoms with Gasteiger partial charge in [0.1, 0.15) is 0 Å². The maximum Gasteiger partial charge on any atom is 0.0502 e. The smallest absolute Gasteiger partial charge is 0.0502 e. The van der Waals surface area contributed by atoms with Crippen LogP contribution in [0.25, 0.3) is 0 Å². The minimum Gasteiger partial charge on any atom is -0.381 e. The molecular formula is C11H23NO. The van der Waals surface area contributed by atoms with E-state index in [2.05, 4.69) is 33.0 Å². The topological polar surface area (TPSA) is 21.3 Å². The summed E-state index contributed by atoms with van der Waals surface area (Å²) in [4.78, 5) is 0. The molecule has 0 unspecified atom stereocenters. The fraction of sp³-hybridized carbons (Fsp3) is 1.00. The normalized spacial score (nSPS) is 21.2. The highest BCUT2D eigenvalue weighted by Gasteiger charge is 2.35.